The minimum atomic E-state index is -0.0524. The Labute approximate surface area is 147 Å². The maximum Gasteiger partial charge on any atom is 0.159 e. The van der Waals surface area contributed by atoms with E-state index in [2.05, 4.69) is 5.10 Å². The molecule has 1 aliphatic rings. The highest BCUT2D eigenvalue weighted by atomic mass is 16.7. The van der Waals surface area contributed by atoms with Crippen LogP contribution in [0.25, 0.3) is 5.69 Å². The minimum Gasteiger partial charge on any atom is -0.396 e. The third-order valence-corrected chi connectivity index (χ3v) is 4.36. The Kier molecular flexibility index (Phi) is 5.83. The van der Waals surface area contributed by atoms with Crippen LogP contribution < -0.4 is 5.73 Å². The number of Topliss-reactive ketones (excluding diaryl/α,β-unsaturated/α-hetero) is 1. The summed E-state index contributed by atoms with van der Waals surface area (Å²) in [5, 5.41) is 4.56. The van der Waals surface area contributed by atoms with Gasteiger partial charge in [0.25, 0.3) is 0 Å². The van der Waals surface area contributed by atoms with E-state index in [4.69, 9.17) is 15.2 Å². The Balaban J connectivity index is 1.53. The maximum absolute atomic E-state index is 11.3. The molecular weight excluding hydrogens is 318 g/mol. The molecule has 6 heteroatoms. The zero-order valence-electron chi connectivity index (χ0n) is 14.6. The average molecular weight is 343 g/mol. The molecule has 1 aromatic carbocycles. The summed E-state index contributed by atoms with van der Waals surface area (Å²) in [6.45, 7) is 2.99. The van der Waals surface area contributed by atoms with E-state index in [0.29, 0.717) is 17.9 Å². The molecule has 0 aliphatic carbocycles. The summed E-state index contributed by atoms with van der Waals surface area (Å²) in [4.78, 5) is 11.3. The molecule has 0 amide bonds. The van der Waals surface area contributed by atoms with Crippen LogP contribution in [0.15, 0.2) is 30.5 Å². The van der Waals surface area contributed by atoms with Gasteiger partial charge in [0.2, 0.25) is 0 Å². The summed E-state index contributed by atoms with van der Waals surface area (Å²) in [6, 6.07) is 7.34. The first-order chi connectivity index (χ1) is 12.1. The minimum absolute atomic E-state index is 0.0502. The fraction of sp³-hybridized carbons (Fsp3) is 0.474. The summed E-state index contributed by atoms with van der Waals surface area (Å²) < 4.78 is 13.0. The Morgan fingerprint density at radius 3 is 2.84 bits per heavy atom. The number of hydrogen-bond donors (Lipinski definition) is 1. The lowest BCUT2D eigenvalue weighted by atomic mass is 10.1. The van der Waals surface area contributed by atoms with Crippen LogP contribution in [-0.4, -0.2) is 35.1 Å². The highest BCUT2D eigenvalue weighted by molar-refractivity contribution is 5.94. The summed E-state index contributed by atoms with van der Waals surface area (Å²) >= 11 is 0. The molecule has 0 radical (unpaired) electrons. The first-order valence-corrected chi connectivity index (χ1v) is 8.82. The van der Waals surface area contributed by atoms with Crippen molar-refractivity contribution in [3.8, 4) is 5.69 Å². The number of carbonyl (C=O) groups excluding carboxylic acids is 1. The molecule has 134 valence electrons. The molecule has 0 saturated carbocycles. The zero-order valence-corrected chi connectivity index (χ0v) is 14.6. The Morgan fingerprint density at radius 1 is 1.36 bits per heavy atom. The number of aryl methyl sites for hydroxylation is 1. The molecule has 0 bridgehead atoms. The number of carbonyl (C=O) groups is 1. The molecule has 1 aromatic heterocycles. The van der Waals surface area contributed by atoms with Crippen molar-refractivity contribution in [2.45, 2.75) is 45.3 Å². The number of ketones is 1. The molecule has 1 fully saturated rings. The first kappa shape index (κ1) is 17.6. The summed E-state index contributed by atoms with van der Waals surface area (Å²) in [6.07, 6.45) is 6.65. The molecule has 3 rings (SSSR count). The van der Waals surface area contributed by atoms with Crippen molar-refractivity contribution in [1.82, 2.24) is 9.78 Å². The van der Waals surface area contributed by atoms with E-state index < -0.39 is 0 Å². The van der Waals surface area contributed by atoms with Crippen LogP contribution in [-0.2, 0) is 15.9 Å². The standard InChI is InChI=1S/C19H25N3O3/c1-14(23)15-7-9-16(10-8-15)22-13-17(20)18(21-22)5-4-12-25-19-6-2-3-11-24-19/h7-10,13,19H,2-6,11-12,20H2,1H3. The Bertz CT molecular complexity index is 703. The number of ether oxygens (including phenoxy) is 2. The molecule has 25 heavy (non-hydrogen) atoms. The van der Waals surface area contributed by atoms with E-state index >= 15 is 0 Å². The summed E-state index contributed by atoms with van der Waals surface area (Å²) in [7, 11) is 0. The van der Waals surface area contributed by atoms with E-state index in [1.807, 2.05) is 18.3 Å². The van der Waals surface area contributed by atoms with Crippen molar-refractivity contribution < 1.29 is 14.3 Å². The number of nitrogens with zero attached hydrogens (tertiary/aromatic N) is 2. The van der Waals surface area contributed by atoms with E-state index in [0.717, 1.165) is 43.7 Å². The molecule has 1 unspecified atom stereocenters. The number of hydrogen-bond acceptors (Lipinski definition) is 5. The normalized spacial score (nSPS) is 17.6. The van der Waals surface area contributed by atoms with Crippen LogP contribution in [0.2, 0.25) is 0 Å². The third kappa shape index (κ3) is 4.67. The van der Waals surface area contributed by atoms with Crippen LogP contribution >= 0.6 is 0 Å². The molecule has 2 aromatic rings. The van der Waals surface area contributed by atoms with Gasteiger partial charge in [0.15, 0.2) is 12.1 Å². The highest BCUT2D eigenvalue weighted by Gasteiger charge is 2.14. The number of benzene rings is 1. The van der Waals surface area contributed by atoms with Crippen LogP contribution in [0, 0.1) is 0 Å². The van der Waals surface area contributed by atoms with Crippen molar-refractivity contribution in [2.24, 2.45) is 0 Å². The molecule has 1 aliphatic heterocycles. The molecular formula is C19H25N3O3. The predicted octanol–water partition coefficient (Wildman–Crippen LogP) is 3.13. The number of aromatic nitrogens is 2. The number of anilines is 1. The summed E-state index contributed by atoms with van der Waals surface area (Å²) in [5.41, 5.74) is 9.18. The number of rotatable bonds is 7. The largest absolute Gasteiger partial charge is 0.396 e. The first-order valence-electron chi connectivity index (χ1n) is 8.82. The van der Waals surface area contributed by atoms with E-state index in [1.54, 1.807) is 23.7 Å². The lowest BCUT2D eigenvalue weighted by Gasteiger charge is -2.22. The van der Waals surface area contributed by atoms with Crippen molar-refractivity contribution in [3.63, 3.8) is 0 Å². The zero-order chi connectivity index (χ0) is 17.6. The average Bonchev–Trinajstić information content (AvgIpc) is 3.00. The van der Waals surface area contributed by atoms with Crippen LogP contribution in [0.3, 0.4) is 0 Å². The topological polar surface area (TPSA) is 79.4 Å². The molecule has 0 spiro atoms. The number of nitrogens with two attached hydrogens (primary N) is 1. The van der Waals surface area contributed by atoms with Gasteiger partial charge in [0, 0.05) is 12.2 Å². The summed E-state index contributed by atoms with van der Waals surface area (Å²) in [5.74, 6) is 0.0502. The van der Waals surface area contributed by atoms with Crippen LogP contribution in [0.4, 0.5) is 5.69 Å². The fourth-order valence-electron chi connectivity index (χ4n) is 2.90. The van der Waals surface area contributed by atoms with E-state index in [9.17, 15) is 4.79 Å². The van der Waals surface area contributed by atoms with Gasteiger partial charge in [-0.15, -0.1) is 0 Å². The van der Waals surface area contributed by atoms with Gasteiger partial charge in [-0.25, -0.2) is 4.68 Å². The Morgan fingerprint density at radius 2 is 2.16 bits per heavy atom. The quantitative estimate of drug-likeness (QED) is 0.617. The lowest BCUT2D eigenvalue weighted by molar-refractivity contribution is -0.162. The van der Waals surface area contributed by atoms with Crippen LogP contribution in [0.1, 0.15) is 48.7 Å². The second-order valence-electron chi connectivity index (χ2n) is 6.35. The SMILES string of the molecule is CC(=O)c1ccc(-n2cc(N)c(CCCOC3CCCCO3)n2)cc1. The van der Waals surface area contributed by atoms with E-state index in [1.165, 1.54) is 6.42 Å². The van der Waals surface area contributed by atoms with Crippen molar-refractivity contribution in [3.05, 3.63) is 41.7 Å². The Hall–Kier alpha value is -2.18. The van der Waals surface area contributed by atoms with Crippen molar-refractivity contribution >= 4 is 11.5 Å². The van der Waals surface area contributed by atoms with Crippen molar-refractivity contribution in [2.75, 3.05) is 18.9 Å². The maximum atomic E-state index is 11.3. The van der Waals surface area contributed by atoms with Gasteiger partial charge in [0.1, 0.15) is 0 Å². The third-order valence-electron chi connectivity index (χ3n) is 4.36. The van der Waals surface area contributed by atoms with E-state index in [-0.39, 0.29) is 12.1 Å². The van der Waals surface area contributed by atoms with Crippen molar-refractivity contribution in [1.29, 1.82) is 0 Å². The van der Waals surface area contributed by atoms with Gasteiger partial charge < -0.3 is 15.2 Å². The van der Waals surface area contributed by atoms with Gasteiger partial charge >= 0.3 is 0 Å². The fourth-order valence-corrected chi connectivity index (χ4v) is 2.90. The molecule has 2 heterocycles. The van der Waals surface area contributed by atoms with Crippen LogP contribution in [0.5, 0.6) is 0 Å². The van der Waals surface area contributed by atoms with Gasteiger partial charge in [-0.2, -0.15) is 5.10 Å². The van der Waals surface area contributed by atoms with Gasteiger partial charge in [-0.1, -0.05) is 0 Å². The second kappa shape index (κ2) is 8.27. The molecule has 2 N–H and O–H groups in total. The predicted molar refractivity (Wildman–Crippen MR) is 95.8 cm³/mol. The van der Waals surface area contributed by atoms with Gasteiger partial charge in [-0.3, -0.25) is 4.79 Å². The smallest absolute Gasteiger partial charge is 0.159 e. The second-order valence-corrected chi connectivity index (χ2v) is 6.35. The molecule has 1 atom stereocenters. The van der Waals surface area contributed by atoms with Gasteiger partial charge in [0.05, 0.1) is 29.9 Å². The lowest BCUT2D eigenvalue weighted by Crippen LogP contribution is -2.22. The monoisotopic (exact) mass is 343 g/mol. The molecule has 6 nitrogen and oxygen atoms in total. The molecule has 1 saturated heterocycles. The number of nitrogen functional groups attached to an aromatic ring is 1. The highest BCUT2D eigenvalue weighted by Crippen LogP contribution is 2.18. The van der Waals surface area contributed by atoms with Gasteiger partial charge in [-0.05, 0) is 63.3 Å².